The highest BCUT2D eigenvalue weighted by molar-refractivity contribution is 5.97. The van der Waals surface area contributed by atoms with E-state index in [2.05, 4.69) is 29.9 Å². The number of aromatic nitrogens is 1. The van der Waals surface area contributed by atoms with E-state index in [0.717, 1.165) is 0 Å². The van der Waals surface area contributed by atoms with E-state index in [9.17, 15) is 0 Å². The molecule has 0 amide bonds. The Morgan fingerprint density at radius 3 is 3.25 bits per heavy atom. The van der Waals surface area contributed by atoms with Crippen LogP contribution in [-0.4, -0.2) is 30.5 Å². The van der Waals surface area contributed by atoms with E-state index in [0.29, 0.717) is 7.98 Å². The molecule has 0 aromatic carbocycles. The molecule has 0 saturated heterocycles. The summed E-state index contributed by atoms with van der Waals surface area (Å²) in [4.78, 5) is 0. The molecular formula is C9H17BN2. The van der Waals surface area contributed by atoms with E-state index in [1.54, 1.807) is 5.69 Å². The zero-order chi connectivity index (χ0) is 8.60. The smallest absolute Gasteiger partial charge is 0.169 e. The average molecular weight is 164 g/mol. The maximum atomic E-state index is 2.42. The molecule has 0 aliphatic carbocycles. The van der Waals surface area contributed by atoms with Gasteiger partial charge >= 0.3 is 0 Å². The second kappa shape index (κ2) is 2.66. The molecule has 0 fully saturated rings. The molecule has 0 radical (unpaired) electrons. The topological polar surface area (TPSA) is 4.93 Å². The molecule has 0 spiro atoms. The summed E-state index contributed by atoms with van der Waals surface area (Å²) in [5, 5.41) is 0. The second-order valence-corrected chi connectivity index (χ2v) is 3.28. The summed E-state index contributed by atoms with van der Waals surface area (Å²) in [6.45, 7) is 3.93. The Bertz CT molecular complexity index is 278. The molecule has 0 bridgehead atoms. The molecule has 3 heteroatoms. The van der Waals surface area contributed by atoms with Gasteiger partial charge in [0.25, 0.3) is 0 Å². The zero-order valence-electron chi connectivity index (χ0n) is 6.95. The molecule has 12 heavy (non-hydrogen) atoms. The van der Waals surface area contributed by atoms with Gasteiger partial charge in [0.15, 0.2) is 7.98 Å². The van der Waals surface area contributed by atoms with E-state index in [1.165, 1.54) is 30.4 Å². The molecule has 1 aliphatic heterocycles. The fraction of sp³-hybridized carbons (Fsp3) is 0.556. The van der Waals surface area contributed by atoms with E-state index in [4.69, 9.17) is 0 Å². The molecule has 1 atom stereocenters. The van der Waals surface area contributed by atoms with Gasteiger partial charge < -0.3 is 8.96 Å². The summed E-state index contributed by atoms with van der Waals surface area (Å²) in [6.07, 6.45) is 3.59. The van der Waals surface area contributed by atoms with E-state index >= 15 is 0 Å². The van der Waals surface area contributed by atoms with Crippen LogP contribution in [0.3, 0.4) is 0 Å². The van der Waals surface area contributed by atoms with Gasteiger partial charge in [-0.05, 0) is 12.1 Å². The van der Waals surface area contributed by atoms with Gasteiger partial charge in [0.2, 0.25) is 0 Å². The minimum atomic E-state index is 0.424. The molecule has 1 aliphatic rings. The number of fused-ring (bicyclic) bond motifs is 1. The predicted molar refractivity (Wildman–Crippen MR) is 53.7 cm³/mol. The lowest BCUT2D eigenvalue weighted by Crippen LogP contribution is -2.40. The maximum absolute atomic E-state index is 2.42. The van der Waals surface area contributed by atoms with Crippen LogP contribution in [0.5, 0.6) is 0 Å². The second-order valence-electron chi connectivity index (χ2n) is 3.28. The quantitative estimate of drug-likeness (QED) is 0.480. The van der Waals surface area contributed by atoms with Gasteiger partial charge in [-0.1, -0.05) is 0 Å². The number of hydrogen-bond acceptors (Lipinski definition) is 0. The van der Waals surface area contributed by atoms with Crippen LogP contribution in [0.25, 0.3) is 0 Å². The standard InChI is InChI=1S/C9H17BN2/c1-12(10)7-3-6-11-5-2-4-9(11)8-12/h2,4-5H,3,6-8H2,1,10H3. The van der Waals surface area contributed by atoms with Crippen LogP contribution in [0.1, 0.15) is 12.1 Å². The summed E-state index contributed by atoms with van der Waals surface area (Å²) in [7, 11) is 2.84. The van der Waals surface area contributed by atoms with E-state index in [1.807, 2.05) is 0 Å². The highest BCUT2D eigenvalue weighted by atomic mass is 15.3. The van der Waals surface area contributed by atoms with Crippen LogP contribution in [0.4, 0.5) is 0 Å². The monoisotopic (exact) mass is 164 g/mol. The van der Waals surface area contributed by atoms with Crippen molar-refractivity contribution in [3.05, 3.63) is 24.0 Å². The SMILES string of the molecule is [BH3-][N+]1(C)CCCn2cccc2C1. The lowest BCUT2D eigenvalue weighted by molar-refractivity contribution is -0.809. The Kier molecular flexibility index (Phi) is 1.76. The molecule has 1 aromatic rings. The molecular weight excluding hydrogens is 147 g/mol. The molecule has 1 unspecified atom stereocenters. The van der Waals surface area contributed by atoms with Crippen LogP contribution in [0, 0.1) is 0 Å². The van der Waals surface area contributed by atoms with Gasteiger partial charge in [0.05, 0.1) is 12.2 Å². The Hall–Kier alpha value is -0.695. The van der Waals surface area contributed by atoms with Crippen molar-refractivity contribution in [1.82, 2.24) is 4.57 Å². The van der Waals surface area contributed by atoms with Crippen molar-refractivity contribution < 1.29 is 4.39 Å². The van der Waals surface area contributed by atoms with Crippen molar-refractivity contribution >= 4 is 7.98 Å². The number of hydrogen-bond donors (Lipinski definition) is 0. The summed E-state index contributed by atoms with van der Waals surface area (Å²) in [5.41, 5.74) is 1.55. The molecule has 0 saturated carbocycles. The fourth-order valence-electron chi connectivity index (χ4n) is 1.68. The van der Waals surface area contributed by atoms with Crippen molar-refractivity contribution in [1.29, 1.82) is 0 Å². The van der Waals surface area contributed by atoms with Crippen molar-refractivity contribution in [2.75, 3.05) is 13.6 Å². The van der Waals surface area contributed by atoms with Crippen LogP contribution in [-0.2, 0) is 13.1 Å². The molecule has 0 N–H and O–H groups in total. The molecule has 2 heterocycles. The van der Waals surface area contributed by atoms with Gasteiger partial charge in [0.1, 0.15) is 0 Å². The Labute approximate surface area is 74.8 Å². The van der Waals surface area contributed by atoms with Crippen LogP contribution >= 0.6 is 0 Å². The van der Waals surface area contributed by atoms with E-state index < -0.39 is 0 Å². The summed E-state index contributed by atoms with van der Waals surface area (Å²) < 4.78 is 3.80. The van der Waals surface area contributed by atoms with Gasteiger partial charge in [-0.15, -0.1) is 0 Å². The molecule has 1 aromatic heterocycles. The van der Waals surface area contributed by atoms with Crippen LogP contribution in [0.2, 0.25) is 0 Å². The Balaban J connectivity index is 2.30. The highest BCUT2D eigenvalue weighted by Crippen LogP contribution is 2.15. The summed E-state index contributed by atoms with van der Waals surface area (Å²) >= 11 is 0. The maximum Gasteiger partial charge on any atom is 0.169 e. The average Bonchev–Trinajstić information content (AvgIpc) is 2.31. The first kappa shape index (κ1) is 7.93. The fourth-order valence-corrected chi connectivity index (χ4v) is 1.68. The lowest BCUT2D eigenvalue weighted by atomic mass is 10.2. The largest absolute Gasteiger partial charge is 0.520 e. The predicted octanol–water partition coefficient (Wildman–Crippen LogP) is 0.119. The molecule has 2 nitrogen and oxygen atoms in total. The van der Waals surface area contributed by atoms with Crippen molar-refractivity contribution in [3.8, 4) is 0 Å². The molecule has 2 rings (SSSR count). The zero-order valence-corrected chi connectivity index (χ0v) is 6.95. The van der Waals surface area contributed by atoms with Crippen molar-refractivity contribution in [2.24, 2.45) is 0 Å². The van der Waals surface area contributed by atoms with E-state index in [-0.39, 0.29) is 0 Å². The molecule has 66 valence electrons. The van der Waals surface area contributed by atoms with Crippen LogP contribution < -0.4 is 0 Å². The van der Waals surface area contributed by atoms with Gasteiger partial charge in [-0.2, -0.15) is 0 Å². The Morgan fingerprint density at radius 1 is 1.58 bits per heavy atom. The van der Waals surface area contributed by atoms with Gasteiger partial charge in [-0.3, -0.25) is 0 Å². The van der Waals surface area contributed by atoms with Crippen molar-refractivity contribution in [2.45, 2.75) is 19.5 Å². The van der Waals surface area contributed by atoms with Gasteiger partial charge in [-0.25, -0.2) is 0 Å². The van der Waals surface area contributed by atoms with Crippen molar-refractivity contribution in [3.63, 3.8) is 0 Å². The Morgan fingerprint density at radius 2 is 2.42 bits per heavy atom. The summed E-state index contributed by atoms with van der Waals surface area (Å²) in [6, 6.07) is 4.46. The number of aryl methyl sites for hydroxylation is 1. The first-order valence-corrected chi connectivity index (χ1v) is 4.19. The third-order valence-corrected chi connectivity index (χ3v) is 2.29. The highest BCUT2D eigenvalue weighted by Gasteiger charge is 2.15. The van der Waals surface area contributed by atoms with Gasteiger partial charge in [0, 0.05) is 32.8 Å². The minimum absolute atomic E-state index is 0.424. The minimum Gasteiger partial charge on any atom is -0.520 e. The van der Waals surface area contributed by atoms with Crippen LogP contribution in [0.15, 0.2) is 18.3 Å². The lowest BCUT2D eigenvalue weighted by Gasteiger charge is -2.37. The first-order chi connectivity index (χ1) is 5.67. The normalized spacial score (nSPS) is 29.5. The third kappa shape index (κ3) is 1.41. The first-order valence-electron chi connectivity index (χ1n) is 4.19. The number of nitrogens with zero attached hydrogens (tertiary/aromatic N) is 2. The third-order valence-electron chi connectivity index (χ3n) is 2.29. The number of rotatable bonds is 0. The number of quaternary nitrogens is 1. The summed E-state index contributed by atoms with van der Waals surface area (Å²) in [5.74, 6) is 0.